The van der Waals surface area contributed by atoms with E-state index in [1.165, 1.54) is 27.1 Å². The number of carboxylic acid groups (broad SMARTS) is 1. The van der Waals surface area contributed by atoms with Crippen LogP contribution in [-0.4, -0.2) is 16.8 Å². The molecule has 0 fully saturated rings. The van der Waals surface area contributed by atoms with Gasteiger partial charge in [-0.05, 0) is 49.9 Å². The molecule has 0 bridgehead atoms. The van der Waals surface area contributed by atoms with E-state index in [2.05, 4.69) is 33.8 Å². The normalized spacial score (nSPS) is 12.5. The molecule has 3 heteroatoms. The van der Waals surface area contributed by atoms with Gasteiger partial charge in [0.15, 0.2) is 0 Å². The Balaban J connectivity index is 2.95. The minimum atomic E-state index is -0.725. The third-order valence-electron chi connectivity index (χ3n) is 3.20. The van der Waals surface area contributed by atoms with Gasteiger partial charge in [0.25, 0.3) is 0 Å². The molecule has 2 nitrogen and oxygen atoms in total. The average molecular weight is 252 g/mol. The molecule has 1 rings (SSSR count). The summed E-state index contributed by atoms with van der Waals surface area (Å²) in [4.78, 5) is 12.1. The first kappa shape index (κ1) is 14.1. The Kier molecular flexibility index (Phi) is 4.63. The van der Waals surface area contributed by atoms with E-state index in [-0.39, 0.29) is 5.92 Å². The third-order valence-corrected chi connectivity index (χ3v) is 4.76. The molecule has 0 radical (unpaired) electrons. The van der Waals surface area contributed by atoms with E-state index in [0.717, 1.165) is 0 Å². The number of benzene rings is 1. The SMILES string of the molecule is Cc1cc(C)c(C)c(SCC(C)C(=O)O)c1C. The number of aliphatic carboxylic acids is 1. The second-order valence-electron chi connectivity index (χ2n) is 4.64. The van der Waals surface area contributed by atoms with Crippen molar-refractivity contribution in [2.24, 2.45) is 5.92 Å². The Bertz CT molecular complexity index is 412. The molecule has 1 N–H and O–H groups in total. The molecule has 94 valence electrons. The van der Waals surface area contributed by atoms with Crippen LogP contribution in [0.15, 0.2) is 11.0 Å². The van der Waals surface area contributed by atoms with Gasteiger partial charge in [0, 0.05) is 10.6 Å². The van der Waals surface area contributed by atoms with E-state index in [1.54, 1.807) is 18.7 Å². The number of carbonyl (C=O) groups is 1. The zero-order chi connectivity index (χ0) is 13.2. The first-order valence-corrected chi connectivity index (χ1v) is 6.76. The van der Waals surface area contributed by atoms with Gasteiger partial charge >= 0.3 is 5.97 Å². The molecule has 1 aromatic rings. The lowest BCUT2D eigenvalue weighted by Gasteiger charge is -2.15. The average Bonchev–Trinajstić information content (AvgIpc) is 2.26. The van der Waals surface area contributed by atoms with Crippen LogP contribution in [0.3, 0.4) is 0 Å². The molecular weight excluding hydrogens is 232 g/mol. The van der Waals surface area contributed by atoms with Crippen molar-refractivity contribution in [1.29, 1.82) is 0 Å². The second-order valence-corrected chi connectivity index (χ2v) is 5.67. The molecule has 0 aliphatic heterocycles. The molecule has 0 amide bonds. The molecule has 0 heterocycles. The van der Waals surface area contributed by atoms with Crippen molar-refractivity contribution in [2.45, 2.75) is 39.5 Å². The van der Waals surface area contributed by atoms with Gasteiger partial charge in [-0.2, -0.15) is 0 Å². The molecule has 1 atom stereocenters. The number of carboxylic acids is 1. The predicted octanol–water partition coefficient (Wildman–Crippen LogP) is 3.73. The summed E-state index contributed by atoms with van der Waals surface area (Å²) in [7, 11) is 0. The van der Waals surface area contributed by atoms with E-state index in [0.29, 0.717) is 5.75 Å². The van der Waals surface area contributed by atoms with E-state index in [9.17, 15) is 4.79 Å². The zero-order valence-corrected chi connectivity index (χ0v) is 11.9. The zero-order valence-electron chi connectivity index (χ0n) is 11.1. The summed E-state index contributed by atoms with van der Waals surface area (Å²) in [6.45, 7) is 10.2. The van der Waals surface area contributed by atoms with Crippen LogP contribution in [0, 0.1) is 33.6 Å². The van der Waals surface area contributed by atoms with Crippen molar-refractivity contribution < 1.29 is 9.90 Å². The van der Waals surface area contributed by atoms with Crippen LogP contribution >= 0.6 is 11.8 Å². The van der Waals surface area contributed by atoms with E-state index < -0.39 is 5.97 Å². The van der Waals surface area contributed by atoms with Gasteiger partial charge in [-0.15, -0.1) is 11.8 Å². The molecule has 1 aromatic carbocycles. The summed E-state index contributed by atoms with van der Waals surface area (Å²) in [5, 5.41) is 8.89. The van der Waals surface area contributed by atoms with Crippen LogP contribution in [-0.2, 0) is 4.79 Å². The first-order chi connectivity index (χ1) is 7.84. The second kappa shape index (κ2) is 5.58. The lowest BCUT2D eigenvalue weighted by Crippen LogP contribution is -2.12. The lowest BCUT2D eigenvalue weighted by atomic mass is 10.0. The molecule has 0 aliphatic rings. The smallest absolute Gasteiger partial charge is 0.307 e. The quantitative estimate of drug-likeness (QED) is 0.830. The summed E-state index contributed by atoms with van der Waals surface area (Å²) in [6.07, 6.45) is 0. The van der Waals surface area contributed by atoms with E-state index in [4.69, 9.17) is 5.11 Å². The van der Waals surface area contributed by atoms with Crippen LogP contribution in [0.5, 0.6) is 0 Å². The highest BCUT2D eigenvalue weighted by molar-refractivity contribution is 7.99. The Morgan fingerprint density at radius 2 is 1.71 bits per heavy atom. The summed E-state index contributed by atoms with van der Waals surface area (Å²) < 4.78 is 0. The van der Waals surface area contributed by atoms with Crippen LogP contribution in [0.25, 0.3) is 0 Å². The highest BCUT2D eigenvalue weighted by Crippen LogP contribution is 2.31. The van der Waals surface area contributed by atoms with Gasteiger partial charge in [0.2, 0.25) is 0 Å². The predicted molar refractivity (Wildman–Crippen MR) is 72.9 cm³/mol. The minimum absolute atomic E-state index is 0.306. The number of aryl methyl sites for hydroxylation is 2. The summed E-state index contributed by atoms with van der Waals surface area (Å²) in [5.41, 5.74) is 5.10. The molecule has 0 saturated carbocycles. The molecule has 17 heavy (non-hydrogen) atoms. The van der Waals surface area contributed by atoms with Crippen molar-refractivity contribution in [2.75, 3.05) is 5.75 Å². The topological polar surface area (TPSA) is 37.3 Å². The molecule has 0 saturated heterocycles. The number of rotatable bonds is 4. The highest BCUT2D eigenvalue weighted by Gasteiger charge is 2.14. The van der Waals surface area contributed by atoms with Gasteiger partial charge < -0.3 is 5.11 Å². The molecule has 0 aromatic heterocycles. The van der Waals surface area contributed by atoms with Crippen molar-refractivity contribution in [3.63, 3.8) is 0 Å². The van der Waals surface area contributed by atoms with Gasteiger partial charge in [-0.25, -0.2) is 0 Å². The Labute approximate surface area is 107 Å². The van der Waals surface area contributed by atoms with Crippen molar-refractivity contribution in [1.82, 2.24) is 0 Å². The maximum Gasteiger partial charge on any atom is 0.307 e. The number of hydrogen-bond donors (Lipinski definition) is 1. The molecule has 1 unspecified atom stereocenters. The van der Waals surface area contributed by atoms with Crippen LogP contribution < -0.4 is 0 Å². The van der Waals surface area contributed by atoms with Crippen LogP contribution in [0.2, 0.25) is 0 Å². The van der Waals surface area contributed by atoms with Crippen molar-refractivity contribution >= 4 is 17.7 Å². The van der Waals surface area contributed by atoms with Crippen LogP contribution in [0.1, 0.15) is 29.2 Å². The van der Waals surface area contributed by atoms with Crippen LogP contribution in [0.4, 0.5) is 0 Å². The molecule has 0 aliphatic carbocycles. The fourth-order valence-corrected chi connectivity index (χ4v) is 2.99. The first-order valence-electron chi connectivity index (χ1n) is 5.77. The summed E-state index contributed by atoms with van der Waals surface area (Å²) in [5.74, 6) is -0.406. The maximum absolute atomic E-state index is 10.8. The minimum Gasteiger partial charge on any atom is -0.481 e. The standard InChI is InChI=1S/C14H20O2S/c1-8-6-9(2)12(5)13(11(8)4)17-7-10(3)14(15)16/h6,10H,7H2,1-5H3,(H,15,16). The Morgan fingerprint density at radius 1 is 1.24 bits per heavy atom. The molecular formula is C14H20O2S. The fraction of sp³-hybridized carbons (Fsp3) is 0.500. The summed E-state index contributed by atoms with van der Waals surface area (Å²) >= 11 is 1.66. The molecule has 0 spiro atoms. The Morgan fingerprint density at radius 3 is 2.12 bits per heavy atom. The lowest BCUT2D eigenvalue weighted by molar-refractivity contribution is -0.140. The van der Waals surface area contributed by atoms with E-state index in [1.807, 2.05) is 0 Å². The van der Waals surface area contributed by atoms with Gasteiger partial charge in [-0.3, -0.25) is 4.79 Å². The number of hydrogen-bond acceptors (Lipinski definition) is 2. The van der Waals surface area contributed by atoms with Gasteiger partial charge in [-0.1, -0.05) is 13.0 Å². The van der Waals surface area contributed by atoms with Gasteiger partial charge in [0.1, 0.15) is 0 Å². The Hall–Kier alpha value is -0.960. The fourth-order valence-electron chi connectivity index (χ4n) is 1.68. The van der Waals surface area contributed by atoms with E-state index >= 15 is 0 Å². The monoisotopic (exact) mass is 252 g/mol. The van der Waals surface area contributed by atoms with Crippen molar-refractivity contribution in [3.8, 4) is 0 Å². The third kappa shape index (κ3) is 3.25. The number of thioether (sulfide) groups is 1. The van der Waals surface area contributed by atoms with Crippen molar-refractivity contribution in [3.05, 3.63) is 28.3 Å². The van der Waals surface area contributed by atoms with Gasteiger partial charge in [0.05, 0.1) is 5.92 Å². The summed E-state index contributed by atoms with van der Waals surface area (Å²) in [6, 6.07) is 2.19. The maximum atomic E-state index is 10.8. The largest absolute Gasteiger partial charge is 0.481 e. The highest BCUT2D eigenvalue weighted by atomic mass is 32.2.